The van der Waals surface area contributed by atoms with E-state index in [1.54, 1.807) is 4.90 Å². The number of nitrogens with two attached hydrogens (primary N) is 1. The molecule has 0 saturated heterocycles. The Morgan fingerprint density at radius 2 is 1.85 bits per heavy atom. The molecule has 2 aliphatic rings. The summed E-state index contributed by atoms with van der Waals surface area (Å²) < 4.78 is 15.7. The van der Waals surface area contributed by atoms with Crippen LogP contribution in [-0.4, -0.2) is 28.2 Å². The van der Waals surface area contributed by atoms with Gasteiger partial charge in [0.15, 0.2) is 0 Å². The van der Waals surface area contributed by atoms with Gasteiger partial charge in [-0.15, -0.1) is 13.2 Å². The number of rotatable bonds is 3. The first-order chi connectivity index (χ1) is 16.5. The summed E-state index contributed by atoms with van der Waals surface area (Å²) in [6, 6.07) is 7.12. The van der Waals surface area contributed by atoms with E-state index in [0.29, 0.717) is 30.6 Å². The number of hydrogen-bond acceptors (Lipinski definition) is 2. The van der Waals surface area contributed by atoms with Crippen molar-refractivity contribution in [1.82, 2.24) is 9.88 Å². The molecule has 176 valence electrons. The first-order valence-corrected chi connectivity index (χ1v) is 11.7. The third-order valence-electron chi connectivity index (χ3n) is 6.86. The van der Waals surface area contributed by atoms with E-state index < -0.39 is 11.7 Å². The molecule has 0 fully saturated rings. The molecule has 2 amide bonds. The Balaban J connectivity index is 0.00000133. The number of nitrogens with zero attached hydrogens (tertiary/aromatic N) is 1. The summed E-state index contributed by atoms with van der Waals surface area (Å²) in [4.78, 5) is 29.4. The number of aryl methyl sites for hydroxylation is 2. The van der Waals surface area contributed by atoms with Gasteiger partial charge < -0.3 is 15.6 Å². The SMILES string of the molecule is C=C.C=CC(=O)N1CCc2c(cccc2-c2c(F)cc(C(N)=O)c3[nH]c4c(c23)CCCCC4)C1. The lowest BCUT2D eigenvalue weighted by Gasteiger charge is -2.29. The van der Waals surface area contributed by atoms with Crippen molar-refractivity contribution in [2.45, 2.75) is 45.1 Å². The Morgan fingerprint density at radius 3 is 2.59 bits per heavy atom. The molecule has 2 aromatic carbocycles. The number of primary amides is 1. The molecule has 34 heavy (non-hydrogen) atoms. The molecule has 6 heteroatoms. The highest BCUT2D eigenvalue weighted by molar-refractivity contribution is 6.11. The van der Waals surface area contributed by atoms with Crippen LogP contribution < -0.4 is 5.73 Å². The quantitative estimate of drug-likeness (QED) is 0.320. The second-order valence-corrected chi connectivity index (χ2v) is 8.70. The zero-order valence-electron chi connectivity index (χ0n) is 19.4. The highest BCUT2D eigenvalue weighted by Crippen LogP contribution is 2.41. The molecule has 1 aliphatic heterocycles. The van der Waals surface area contributed by atoms with Crippen LogP contribution >= 0.6 is 0 Å². The smallest absolute Gasteiger partial charge is 0.250 e. The Morgan fingerprint density at radius 1 is 1.09 bits per heavy atom. The predicted octanol–water partition coefficient (Wildman–Crippen LogP) is 5.21. The van der Waals surface area contributed by atoms with Crippen LogP contribution in [-0.2, 0) is 30.6 Å². The van der Waals surface area contributed by atoms with Crippen LogP contribution in [0.5, 0.6) is 0 Å². The number of carbonyl (C=O) groups is 2. The average Bonchev–Trinajstić information content (AvgIpc) is 3.05. The summed E-state index contributed by atoms with van der Waals surface area (Å²) in [5.41, 5.74) is 12.1. The molecular weight excluding hydrogens is 429 g/mol. The van der Waals surface area contributed by atoms with Gasteiger partial charge in [-0.25, -0.2) is 4.39 Å². The number of fused-ring (bicyclic) bond motifs is 4. The largest absolute Gasteiger partial charge is 0.366 e. The Kier molecular flexibility index (Phi) is 6.68. The molecule has 5 rings (SSSR count). The maximum atomic E-state index is 15.7. The van der Waals surface area contributed by atoms with E-state index in [1.807, 2.05) is 18.2 Å². The zero-order chi connectivity index (χ0) is 24.4. The number of nitrogens with one attached hydrogen (secondary N) is 1. The first kappa shape index (κ1) is 23.5. The number of hydrogen-bond donors (Lipinski definition) is 2. The highest BCUT2D eigenvalue weighted by atomic mass is 19.1. The van der Waals surface area contributed by atoms with Crippen molar-refractivity contribution in [3.05, 3.63) is 83.8 Å². The van der Waals surface area contributed by atoms with Crippen LogP contribution in [0.3, 0.4) is 0 Å². The molecule has 5 nitrogen and oxygen atoms in total. The van der Waals surface area contributed by atoms with Gasteiger partial charge in [0.2, 0.25) is 5.91 Å². The minimum absolute atomic E-state index is 0.101. The van der Waals surface area contributed by atoms with Gasteiger partial charge >= 0.3 is 0 Å². The Hall–Kier alpha value is -3.67. The summed E-state index contributed by atoms with van der Waals surface area (Å²) in [6.45, 7) is 10.6. The number of amides is 2. The fraction of sp³-hybridized carbons (Fsp3) is 0.286. The standard InChI is InChI=1S/C26H26FN3O2.C2H4/c1-2-22(31)30-12-11-16-15(14-30)7-6-9-17(16)23-20(27)13-19(26(28)32)25-24(23)18-8-4-3-5-10-21(18)29-25;1-2/h2,6-7,9,13,29H,1,3-5,8,10-12,14H2,(H2,28,32);1-2H2. The molecule has 1 aliphatic carbocycles. The Bertz CT molecular complexity index is 1290. The van der Waals surface area contributed by atoms with E-state index in [0.717, 1.165) is 65.4 Å². The number of aromatic amines is 1. The molecule has 0 unspecified atom stereocenters. The number of aromatic nitrogens is 1. The number of carbonyl (C=O) groups excluding carboxylic acids is 2. The van der Waals surface area contributed by atoms with Gasteiger partial charge in [0.1, 0.15) is 5.82 Å². The number of benzene rings is 2. The molecule has 0 saturated carbocycles. The van der Waals surface area contributed by atoms with E-state index in [2.05, 4.69) is 24.7 Å². The molecule has 1 aromatic heterocycles. The fourth-order valence-electron chi connectivity index (χ4n) is 5.35. The van der Waals surface area contributed by atoms with E-state index >= 15 is 4.39 Å². The maximum Gasteiger partial charge on any atom is 0.250 e. The van der Waals surface area contributed by atoms with Crippen LogP contribution in [0.15, 0.2) is 50.1 Å². The van der Waals surface area contributed by atoms with Gasteiger partial charge in [-0.2, -0.15) is 0 Å². The fourth-order valence-corrected chi connectivity index (χ4v) is 5.35. The van der Waals surface area contributed by atoms with E-state index in [-0.39, 0.29) is 11.5 Å². The van der Waals surface area contributed by atoms with Crippen molar-refractivity contribution in [1.29, 1.82) is 0 Å². The van der Waals surface area contributed by atoms with Crippen molar-refractivity contribution in [2.24, 2.45) is 5.73 Å². The van der Waals surface area contributed by atoms with Crippen LogP contribution in [0.4, 0.5) is 4.39 Å². The predicted molar refractivity (Wildman–Crippen MR) is 134 cm³/mol. The summed E-state index contributed by atoms with van der Waals surface area (Å²) in [6.07, 6.45) is 6.93. The minimum Gasteiger partial charge on any atom is -0.366 e. The van der Waals surface area contributed by atoms with Gasteiger partial charge in [-0.05, 0) is 66.5 Å². The minimum atomic E-state index is -0.634. The Labute approximate surface area is 199 Å². The second-order valence-electron chi connectivity index (χ2n) is 8.70. The second kappa shape index (κ2) is 9.67. The molecule has 3 aromatic rings. The van der Waals surface area contributed by atoms with Crippen molar-refractivity contribution in [2.75, 3.05) is 6.54 Å². The average molecular weight is 460 g/mol. The van der Waals surface area contributed by atoms with Crippen molar-refractivity contribution < 1.29 is 14.0 Å². The normalized spacial score (nSPS) is 14.9. The maximum absolute atomic E-state index is 15.7. The van der Waals surface area contributed by atoms with Crippen molar-refractivity contribution in [3.8, 4) is 11.1 Å². The van der Waals surface area contributed by atoms with E-state index in [1.165, 1.54) is 12.1 Å². The van der Waals surface area contributed by atoms with Gasteiger partial charge in [0.05, 0.1) is 11.1 Å². The van der Waals surface area contributed by atoms with Crippen molar-refractivity contribution >= 4 is 22.7 Å². The lowest BCUT2D eigenvalue weighted by molar-refractivity contribution is -0.126. The molecule has 3 N–H and O–H groups in total. The van der Waals surface area contributed by atoms with Gasteiger partial charge in [0, 0.05) is 29.7 Å². The summed E-state index contributed by atoms with van der Waals surface area (Å²) in [7, 11) is 0. The molecule has 0 spiro atoms. The lowest BCUT2D eigenvalue weighted by atomic mass is 9.87. The highest BCUT2D eigenvalue weighted by Gasteiger charge is 2.28. The zero-order valence-corrected chi connectivity index (χ0v) is 19.4. The van der Waals surface area contributed by atoms with Crippen LogP contribution in [0.1, 0.15) is 52.0 Å². The van der Waals surface area contributed by atoms with Crippen molar-refractivity contribution in [3.63, 3.8) is 0 Å². The number of H-pyrrole nitrogens is 1. The molecule has 0 atom stereocenters. The summed E-state index contributed by atoms with van der Waals surface area (Å²) >= 11 is 0. The van der Waals surface area contributed by atoms with Crippen LogP contribution in [0.2, 0.25) is 0 Å². The van der Waals surface area contributed by atoms with E-state index in [9.17, 15) is 9.59 Å². The van der Waals surface area contributed by atoms with Gasteiger partial charge in [0.25, 0.3) is 5.91 Å². The number of halogens is 1. The molecule has 0 radical (unpaired) electrons. The van der Waals surface area contributed by atoms with Crippen LogP contribution in [0.25, 0.3) is 22.0 Å². The molecule has 0 bridgehead atoms. The molecule has 2 heterocycles. The third-order valence-corrected chi connectivity index (χ3v) is 6.86. The first-order valence-electron chi connectivity index (χ1n) is 11.7. The van der Waals surface area contributed by atoms with Gasteiger partial charge in [-0.1, -0.05) is 31.2 Å². The van der Waals surface area contributed by atoms with Crippen LogP contribution in [0, 0.1) is 5.82 Å². The molecular formula is C28H30FN3O2. The van der Waals surface area contributed by atoms with E-state index in [4.69, 9.17) is 5.73 Å². The van der Waals surface area contributed by atoms with Gasteiger partial charge in [-0.3, -0.25) is 9.59 Å². The monoisotopic (exact) mass is 459 g/mol. The third kappa shape index (κ3) is 3.94. The topological polar surface area (TPSA) is 79.2 Å². The summed E-state index contributed by atoms with van der Waals surface area (Å²) in [5, 5.41) is 0.786. The summed E-state index contributed by atoms with van der Waals surface area (Å²) in [5.74, 6) is -1.17. The lowest BCUT2D eigenvalue weighted by Crippen LogP contribution is -2.34.